The molecule has 1 aromatic rings. The number of nitrogens with one attached hydrogen (secondary N) is 2. The monoisotopic (exact) mass is 424 g/mol. The van der Waals surface area contributed by atoms with Crippen LogP contribution in [0.2, 0.25) is 0 Å². The lowest BCUT2D eigenvalue weighted by Crippen LogP contribution is -2.44. The van der Waals surface area contributed by atoms with Crippen molar-refractivity contribution in [3.8, 4) is 5.75 Å². The lowest BCUT2D eigenvalue weighted by Gasteiger charge is -2.19. The number of carbonyl (C=O) groups excluding carboxylic acids is 2. The number of hydrogen-bond donors (Lipinski definition) is 2. The van der Waals surface area contributed by atoms with Crippen molar-refractivity contribution in [2.75, 3.05) is 26.2 Å². The Kier molecular flexibility index (Phi) is 6.30. The summed E-state index contributed by atoms with van der Waals surface area (Å²) in [7, 11) is 0. The largest absolute Gasteiger partial charge is 0.489 e. The molecule has 0 spiro atoms. The Bertz CT molecular complexity index is 867. The Morgan fingerprint density at radius 3 is 2.48 bits per heavy atom. The second kappa shape index (κ2) is 9.12. The number of guanidine groups is 1. The van der Waals surface area contributed by atoms with Crippen LogP contribution in [0.25, 0.3) is 0 Å². The van der Waals surface area contributed by atoms with Gasteiger partial charge in [0.25, 0.3) is 0 Å². The SMILES string of the molecule is CCNC(=NCC(C)Oc1ccccc1C)NCCN1C(=O)C2C3C=CC(C3)C2C1=O. The maximum atomic E-state index is 12.8. The average Bonchev–Trinajstić information content (AvgIpc) is 3.43. The fourth-order valence-corrected chi connectivity index (χ4v) is 4.97. The molecule has 4 rings (SSSR count). The highest BCUT2D eigenvalue weighted by Crippen LogP contribution is 2.52. The number of benzene rings is 1. The van der Waals surface area contributed by atoms with Crippen LogP contribution in [0, 0.1) is 30.6 Å². The van der Waals surface area contributed by atoms with Gasteiger partial charge >= 0.3 is 0 Å². The van der Waals surface area contributed by atoms with E-state index in [2.05, 4.69) is 27.8 Å². The number of amides is 2. The molecule has 2 fully saturated rings. The van der Waals surface area contributed by atoms with Crippen LogP contribution in [-0.2, 0) is 9.59 Å². The van der Waals surface area contributed by atoms with E-state index in [4.69, 9.17) is 4.74 Å². The number of nitrogens with zero attached hydrogens (tertiary/aromatic N) is 2. The summed E-state index contributed by atoms with van der Waals surface area (Å²) in [6, 6.07) is 7.93. The molecule has 7 nitrogen and oxygen atoms in total. The first-order chi connectivity index (χ1) is 15.0. The molecule has 1 saturated carbocycles. The van der Waals surface area contributed by atoms with Crippen LogP contribution in [0.4, 0.5) is 0 Å². The topological polar surface area (TPSA) is 83.0 Å². The first-order valence-electron chi connectivity index (χ1n) is 11.3. The molecule has 2 aliphatic carbocycles. The highest BCUT2D eigenvalue weighted by Gasteiger charge is 2.58. The van der Waals surface area contributed by atoms with Crippen LogP contribution in [0.1, 0.15) is 25.8 Å². The van der Waals surface area contributed by atoms with E-state index in [1.54, 1.807) is 0 Å². The van der Waals surface area contributed by atoms with Gasteiger partial charge in [0.15, 0.2) is 5.96 Å². The van der Waals surface area contributed by atoms with Crippen LogP contribution in [0.5, 0.6) is 5.75 Å². The van der Waals surface area contributed by atoms with Gasteiger partial charge in [-0.3, -0.25) is 14.5 Å². The quantitative estimate of drug-likeness (QED) is 0.289. The van der Waals surface area contributed by atoms with Crippen molar-refractivity contribution >= 4 is 17.8 Å². The van der Waals surface area contributed by atoms with E-state index in [0.29, 0.717) is 25.6 Å². The molecular weight excluding hydrogens is 392 g/mol. The third-order valence-corrected chi connectivity index (χ3v) is 6.46. The Morgan fingerprint density at radius 2 is 1.84 bits per heavy atom. The number of likely N-dealkylation sites (tertiary alicyclic amines) is 1. The van der Waals surface area contributed by atoms with Gasteiger partial charge in [0, 0.05) is 19.6 Å². The van der Waals surface area contributed by atoms with Crippen molar-refractivity contribution < 1.29 is 14.3 Å². The van der Waals surface area contributed by atoms with E-state index >= 15 is 0 Å². The number of allylic oxidation sites excluding steroid dienone is 2. The number of aryl methyl sites for hydroxylation is 1. The first-order valence-corrected chi connectivity index (χ1v) is 11.3. The van der Waals surface area contributed by atoms with Gasteiger partial charge in [0.1, 0.15) is 11.9 Å². The van der Waals surface area contributed by atoms with Gasteiger partial charge in [-0.2, -0.15) is 0 Å². The lowest BCUT2D eigenvalue weighted by atomic mass is 9.85. The standard InChI is InChI=1S/C24H32N4O3/c1-4-25-24(27-14-16(3)31-19-8-6-5-7-15(19)2)26-11-12-28-22(29)20-17-9-10-18(13-17)21(20)23(28)30/h5-10,16-18,20-21H,4,11-14H2,1-3H3,(H2,25,26,27). The molecule has 3 aliphatic rings. The van der Waals surface area contributed by atoms with Crippen molar-refractivity contribution in [1.29, 1.82) is 0 Å². The average molecular weight is 425 g/mol. The molecule has 1 saturated heterocycles. The fraction of sp³-hybridized carbons (Fsp3) is 0.542. The normalized spacial score (nSPS) is 27.6. The third-order valence-electron chi connectivity index (χ3n) is 6.46. The molecule has 7 heteroatoms. The summed E-state index contributed by atoms with van der Waals surface area (Å²) < 4.78 is 5.99. The van der Waals surface area contributed by atoms with Crippen molar-refractivity contribution in [2.45, 2.75) is 33.3 Å². The molecule has 166 valence electrons. The second-order valence-corrected chi connectivity index (χ2v) is 8.67. The predicted molar refractivity (Wildman–Crippen MR) is 120 cm³/mol. The summed E-state index contributed by atoms with van der Waals surface area (Å²) in [5.41, 5.74) is 1.09. The molecule has 1 aliphatic heterocycles. The summed E-state index contributed by atoms with van der Waals surface area (Å²) in [4.78, 5) is 31.6. The Morgan fingerprint density at radius 1 is 1.16 bits per heavy atom. The van der Waals surface area contributed by atoms with E-state index in [1.165, 1.54) is 4.90 Å². The van der Waals surface area contributed by atoms with Crippen LogP contribution >= 0.6 is 0 Å². The number of para-hydroxylation sites is 1. The zero-order chi connectivity index (χ0) is 22.0. The van der Waals surface area contributed by atoms with Gasteiger partial charge in [-0.1, -0.05) is 30.4 Å². The molecule has 31 heavy (non-hydrogen) atoms. The summed E-state index contributed by atoms with van der Waals surface area (Å²) in [5, 5.41) is 6.45. The van der Waals surface area contributed by atoms with Crippen LogP contribution in [0.15, 0.2) is 41.4 Å². The summed E-state index contributed by atoms with van der Waals surface area (Å²) >= 11 is 0. The summed E-state index contributed by atoms with van der Waals surface area (Å²) in [6.45, 7) is 8.06. The van der Waals surface area contributed by atoms with E-state index in [-0.39, 0.29) is 41.6 Å². The van der Waals surface area contributed by atoms with Crippen LogP contribution < -0.4 is 15.4 Å². The van der Waals surface area contributed by atoms with E-state index in [0.717, 1.165) is 24.3 Å². The van der Waals surface area contributed by atoms with Crippen molar-refractivity contribution in [1.82, 2.24) is 15.5 Å². The highest BCUT2D eigenvalue weighted by molar-refractivity contribution is 6.06. The van der Waals surface area contributed by atoms with Crippen molar-refractivity contribution in [3.63, 3.8) is 0 Å². The molecule has 2 N–H and O–H groups in total. The minimum Gasteiger partial charge on any atom is -0.489 e. The van der Waals surface area contributed by atoms with Gasteiger partial charge in [0.05, 0.1) is 18.4 Å². The maximum absolute atomic E-state index is 12.8. The summed E-state index contributed by atoms with van der Waals surface area (Å²) in [6.07, 6.45) is 5.11. The van der Waals surface area contributed by atoms with Gasteiger partial charge in [0.2, 0.25) is 11.8 Å². The Hall–Kier alpha value is -2.83. The Labute approximate surface area is 183 Å². The molecule has 1 heterocycles. The number of rotatable bonds is 8. The highest BCUT2D eigenvalue weighted by atomic mass is 16.5. The van der Waals surface area contributed by atoms with Gasteiger partial charge in [-0.05, 0) is 50.7 Å². The number of fused-ring (bicyclic) bond motifs is 5. The van der Waals surface area contributed by atoms with Crippen LogP contribution in [-0.4, -0.2) is 55.0 Å². The molecule has 2 amide bonds. The van der Waals surface area contributed by atoms with Gasteiger partial charge in [-0.25, -0.2) is 4.99 Å². The van der Waals surface area contributed by atoms with Crippen LogP contribution in [0.3, 0.4) is 0 Å². The summed E-state index contributed by atoms with van der Waals surface area (Å²) in [5.74, 6) is 1.74. The third kappa shape index (κ3) is 4.31. The number of aliphatic imine (C=N–C) groups is 1. The lowest BCUT2D eigenvalue weighted by molar-refractivity contribution is -0.140. The van der Waals surface area contributed by atoms with Gasteiger partial charge in [-0.15, -0.1) is 0 Å². The van der Waals surface area contributed by atoms with E-state index < -0.39 is 0 Å². The first kappa shape index (κ1) is 21.4. The number of imide groups is 1. The minimum atomic E-state index is -0.135. The predicted octanol–water partition coefficient (Wildman–Crippen LogP) is 2.12. The number of carbonyl (C=O) groups is 2. The maximum Gasteiger partial charge on any atom is 0.233 e. The molecule has 2 bridgehead atoms. The fourth-order valence-electron chi connectivity index (χ4n) is 4.97. The van der Waals surface area contributed by atoms with Crippen molar-refractivity contribution in [3.05, 3.63) is 42.0 Å². The molecule has 5 unspecified atom stereocenters. The Balaban J connectivity index is 1.28. The second-order valence-electron chi connectivity index (χ2n) is 8.67. The smallest absolute Gasteiger partial charge is 0.233 e. The molecule has 0 aromatic heterocycles. The molecule has 1 aromatic carbocycles. The zero-order valence-electron chi connectivity index (χ0n) is 18.5. The zero-order valence-corrected chi connectivity index (χ0v) is 18.5. The number of ether oxygens (including phenoxy) is 1. The number of hydrogen-bond acceptors (Lipinski definition) is 4. The minimum absolute atomic E-state index is 0.00385. The van der Waals surface area contributed by atoms with E-state index in [9.17, 15) is 9.59 Å². The molecular formula is C24H32N4O3. The van der Waals surface area contributed by atoms with E-state index in [1.807, 2.05) is 45.0 Å². The molecule has 0 radical (unpaired) electrons. The van der Waals surface area contributed by atoms with Gasteiger partial charge < -0.3 is 15.4 Å². The van der Waals surface area contributed by atoms with Crippen molar-refractivity contribution in [2.24, 2.45) is 28.7 Å². The molecule has 5 atom stereocenters.